The predicted octanol–water partition coefficient (Wildman–Crippen LogP) is 3.95. The number of aryl methyl sites for hydroxylation is 1. The zero-order chi connectivity index (χ0) is 18.8. The van der Waals surface area contributed by atoms with Crippen molar-refractivity contribution >= 4 is 23.3 Å². The van der Waals surface area contributed by atoms with E-state index >= 15 is 0 Å². The van der Waals surface area contributed by atoms with E-state index in [1.165, 1.54) is 0 Å². The second-order valence-corrected chi connectivity index (χ2v) is 6.98. The molecule has 2 aliphatic rings. The van der Waals surface area contributed by atoms with Crippen LogP contribution in [0.15, 0.2) is 42.5 Å². The molecule has 4 rings (SSSR count). The van der Waals surface area contributed by atoms with Gasteiger partial charge in [-0.05, 0) is 60.7 Å². The highest BCUT2D eigenvalue weighted by atomic mass is 16.5. The van der Waals surface area contributed by atoms with Crippen LogP contribution in [0, 0.1) is 0 Å². The fraction of sp³-hybridized carbons (Fsp3) is 0.333. The van der Waals surface area contributed by atoms with Crippen LogP contribution in [0.4, 0.5) is 16.2 Å². The first kappa shape index (κ1) is 17.4. The summed E-state index contributed by atoms with van der Waals surface area (Å²) in [5, 5.41) is 5.88. The molecule has 2 aliphatic heterocycles. The summed E-state index contributed by atoms with van der Waals surface area (Å²) < 4.78 is 5.32. The zero-order valence-corrected chi connectivity index (χ0v) is 15.3. The third kappa shape index (κ3) is 3.60. The van der Waals surface area contributed by atoms with Gasteiger partial charge in [-0.25, -0.2) is 4.79 Å². The van der Waals surface area contributed by atoms with Crippen molar-refractivity contribution in [2.24, 2.45) is 0 Å². The number of nitrogens with zero attached hydrogens (tertiary/aromatic N) is 1. The van der Waals surface area contributed by atoms with Crippen LogP contribution in [0.5, 0.6) is 5.75 Å². The number of ether oxygens (including phenoxy) is 1. The van der Waals surface area contributed by atoms with Crippen LogP contribution in [0.2, 0.25) is 0 Å². The minimum Gasteiger partial charge on any atom is -0.497 e. The van der Waals surface area contributed by atoms with Gasteiger partial charge in [-0.3, -0.25) is 4.79 Å². The van der Waals surface area contributed by atoms with E-state index in [1.54, 1.807) is 7.11 Å². The summed E-state index contributed by atoms with van der Waals surface area (Å²) >= 11 is 0. The lowest BCUT2D eigenvalue weighted by molar-refractivity contribution is -0.116. The van der Waals surface area contributed by atoms with Crippen LogP contribution >= 0.6 is 0 Å². The van der Waals surface area contributed by atoms with Crippen LogP contribution in [-0.2, 0) is 11.2 Å². The zero-order valence-electron chi connectivity index (χ0n) is 15.3. The SMILES string of the molecule is COc1cccc([C@@H]2CCCN2C(=O)Nc2ccc3c(c2)CCC(=O)N3)c1. The Bertz CT molecular complexity index is 881. The van der Waals surface area contributed by atoms with Gasteiger partial charge in [0.15, 0.2) is 0 Å². The summed E-state index contributed by atoms with van der Waals surface area (Å²) in [4.78, 5) is 26.3. The molecule has 0 unspecified atom stereocenters. The van der Waals surface area contributed by atoms with Crippen LogP contribution in [0.1, 0.15) is 36.4 Å². The molecule has 1 fully saturated rings. The predicted molar refractivity (Wildman–Crippen MR) is 104 cm³/mol. The average Bonchev–Trinajstić information content (AvgIpc) is 3.18. The van der Waals surface area contributed by atoms with Crippen molar-refractivity contribution < 1.29 is 14.3 Å². The van der Waals surface area contributed by atoms with Gasteiger partial charge < -0.3 is 20.3 Å². The van der Waals surface area contributed by atoms with Gasteiger partial charge in [-0.15, -0.1) is 0 Å². The topological polar surface area (TPSA) is 70.7 Å². The van der Waals surface area contributed by atoms with Gasteiger partial charge in [0.1, 0.15) is 5.75 Å². The molecule has 2 N–H and O–H groups in total. The Morgan fingerprint density at radius 1 is 1.22 bits per heavy atom. The first-order chi connectivity index (χ1) is 13.1. The monoisotopic (exact) mass is 365 g/mol. The third-order valence-electron chi connectivity index (χ3n) is 5.24. The Labute approximate surface area is 158 Å². The molecule has 3 amide bonds. The standard InChI is InChI=1S/C21H23N3O3/c1-27-17-5-2-4-15(13-17)19-6-3-11-24(19)21(26)22-16-8-9-18-14(12-16)7-10-20(25)23-18/h2,4-5,8-9,12-13,19H,3,6-7,10-11H2,1H3,(H,22,26)(H,23,25)/t19-/m0/s1. The number of carbonyl (C=O) groups is 2. The van der Waals surface area contributed by atoms with Crippen molar-refractivity contribution in [2.45, 2.75) is 31.7 Å². The molecule has 0 radical (unpaired) electrons. The summed E-state index contributed by atoms with van der Waals surface area (Å²) in [5.74, 6) is 0.842. The number of amides is 3. The van der Waals surface area contributed by atoms with Crippen LogP contribution in [0.3, 0.4) is 0 Å². The number of nitrogens with one attached hydrogen (secondary N) is 2. The maximum Gasteiger partial charge on any atom is 0.322 e. The smallest absolute Gasteiger partial charge is 0.322 e. The van der Waals surface area contributed by atoms with Crippen molar-refractivity contribution in [2.75, 3.05) is 24.3 Å². The van der Waals surface area contributed by atoms with Crippen molar-refractivity contribution in [1.29, 1.82) is 0 Å². The first-order valence-electron chi connectivity index (χ1n) is 9.28. The fourth-order valence-corrected chi connectivity index (χ4v) is 3.86. The van der Waals surface area contributed by atoms with Crippen molar-refractivity contribution in [1.82, 2.24) is 4.90 Å². The van der Waals surface area contributed by atoms with Gasteiger partial charge in [0, 0.05) is 24.3 Å². The lowest BCUT2D eigenvalue weighted by atomic mass is 10.0. The maximum absolute atomic E-state index is 12.9. The second-order valence-electron chi connectivity index (χ2n) is 6.98. The maximum atomic E-state index is 12.9. The Morgan fingerprint density at radius 2 is 2.11 bits per heavy atom. The number of likely N-dealkylation sites (tertiary alicyclic amines) is 1. The minimum atomic E-state index is -0.0971. The van der Waals surface area contributed by atoms with Crippen LogP contribution < -0.4 is 15.4 Å². The Kier molecular flexibility index (Phi) is 4.71. The molecule has 0 spiro atoms. The van der Waals surface area contributed by atoms with E-state index in [4.69, 9.17) is 4.74 Å². The van der Waals surface area contributed by atoms with E-state index in [0.29, 0.717) is 12.8 Å². The quantitative estimate of drug-likeness (QED) is 0.865. The highest BCUT2D eigenvalue weighted by molar-refractivity contribution is 5.95. The molecule has 0 aromatic heterocycles. The van der Waals surface area contributed by atoms with Crippen LogP contribution in [0.25, 0.3) is 0 Å². The van der Waals surface area contributed by atoms with E-state index in [-0.39, 0.29) is 18.0 Å². The molecule has 2 aromatic rings. The molecule has 27 heavy (non-hydrogen) atoms. The number of hydrogen-bond donors (Lipinski definition) is 2. The molecule has 6 heteroatoms. The molecule has 6 nitrogen and oxygen atoms in total. The molecule has 0 saturated carbocycles. The van der Waals surface area contributed by atoms with E-state index < -0.39 is 0 Å². The molecule has 1 saturated heterocycles. The lowest BCUT2D eigenvalue weighted by Crippen LogP contribution is -2.34. The van der Waals surface area contributed by atoms with E-state index in [1.807, 2.05) is 47.4 Å². The number of methoxy groups -OCH3 is 1. The van der Waals surface area contributed by atoms with Gasteiger partial charge in [0.2, 0.25) is 5.91 Å². The highest BCUT2D eigenvalue weighted by Gasteiger charge is 2.30. The number of hydrogen-bond acceptors (Lipinski definition) is 3. The Balaban J connectivity index is 1.49. The number of fused-ring (bicyclic) bond motifs is 1. The minimum absolute atomic E-state index is 0.0393. The van der Waals surface area contributed by atoms with Gasteiger partial charge in [-0.1, -0.05) is 12.1 Å². The van der Waals surface area contributed by atoms with E-state index in [9.17, 15) is 9.59 Å². The normalized spacial score (nSPS) is 18.6. The van der Waals surface area contributed by atoms with Gasteiger partial charge in [0.05, 0.1) is 13.2 Å². The van der Waals surface area contributed by atoms with Gasteiger partial charge in [-0.2, -0.15) is 0 Å². The number of benzene rings is 2. The van der Waals surface area contributed by atoms with Gasteiger partial charge in [0.25, 0.3) is 0 Å². The number of rotatable bonds is 3. The van der Waals surface area contributed by atoms with Gasteiger partial charge >= 0.3 is 6.03 Å². The summed E-state index contributed by atoms with van der Waals surface area (Å²) in [7, 11) is 1.65. The van der Waals surface area contributed by atoms with E-state index in [0.717, 1.165) is 47.6 Å². The fourth-order valence-electron chi connectivity index (χ4n) is 3.86. The summed E-state index contributed by atoms with van der Waals surface area (Å²) in [6, 6.07) is 13.5. The summed E-state index contributed by atoms with van der Waals surface area (Å²) in [5.41, 5.74) is 3.74. The number of anilines is 2. The van der Waals surface area contributed by atoms with Crippen molar-refractivity contribution in [3.05, 3.63) is 53.6 Å². The molecule has 0 bridgehead atoms. The molecule has 2 aromatic carbocycles. The number of carbonyl (C=O) groups excluding carboxylic acids is 2. The summed E-state index contributed by atoms with van der Waals surface area (Å²) in [6.07, 6.45) is 3.10. The molecule has 0 aliphatic carbocycles. The van der Waals surface area contributed by atoms with Crippen molar-refractivity contribution in [3.8, 4) is 5.75 Å². The Hall–Kier alpha value is -3.02. The molecule has 1 atom stereocenters. The molecule has 140 valence electrons. The van der Waals surface area contributed by atoms with Crippen molar-refractivity contribution in [3.63, 3.8) is 0 Å². The average molecular weight is 365 g/mol. The Morgan fingerprint density at radius 3 is 2.96 bits per heavy atom. The first-order valence-corrected chi connectivity index (χ1v) is 9.28. The third-order valence-corrected chi connectivity index (χ3v) is 5.24. The lowest BCUT2D eigenvalue weighted by Gasteiger charge is -2.26. The molecular weight excluding hydrogens is 342 g/mol. The van der Waals surface area contributed by atoms with E-state index in [2.05, 4.69) is 10.6 Å². The molecular formula is C21H23N3O3. The second kappa shape index (κ2) is 7.31. The number of urea groups is 1. The largest absolute Gasteiger partial charge is 0.497 e. The summed E-state index contributed by atoms with van der Waals surface area (Å²) in [6.45, 7) is 0.731. The highest BCUT2D eigenvalue weighted by Crippen LogP contribution is 2.34. The molecule has 2 heterocycles. The van der Waals surface area contributed by atoms with Crippen LogP contribution in [-0.4, -0.2) is 30.5 Å².